The van der Waals surface area contributed by atoms with Crippen LogP contribution in [-0.4, -0.2) is 23.9 Å². The lowest BCUT2D eigenvalue weighted by molar-refractivity contribution is -0.184. The van der Waals surface area contributed by atoms with E-state index >= 15 is 0 Å². The van der Waals surface area contributed by atoms with Crippen molar-refractivity contribution in [3.05, 3.63) is 58.7 Å². The first kappa shape index (κ1) is 31.5. The van der Waals surface area contributed by atoms with Crippen LogP contribution in [0.5, 0.6) is 11.5 Å². The standard InChI is InChI=1S/C38H46O7/c1-23(39)43-27-13-9-25-11-15-31-35(3,29(25)21-27)17-7-19-37(31,5)33(41)45-34(42)38(6)20-8-18-36(4)30-22-28(44-24(2)40)14-10-26(30)12-16-32(36)38/h9-10,13-14,21-22,31-32H,7-8,11-12,15-20H2,1-6H3/t31?,32?,35-,36-,37+,38+/m1/s1. The van der Waals surface area contributed by atoms with Gasteiger partial charge in [0, 0.05) is 13.8 Å². The molecule has 0 aromatic heterocycles. The fourth-order valence-corrected chi connectivity index (χ4v) is 10.1. The van der Waals surface area contributed by atoms with Gasteiger partial charge in [-0.15, -0.1) is 0 Å². The molecule has 0 heterocycles. The molecule has 0 radical (unpaired) electrons. The van der Waals surface area contributed by atoms with Crippen molar-refractivity contribution in [2.75, 3.05) is 0 Å². The quantitative estimate of drug-likeness (QED) is 0.202. The average molecular weight is 615 g/mol. The fourth-order valence-electron chi connectivity index (χ4n) is 10.1. The minimum absolute atomic E-state index is 0.00943. The molecule has 0 bridgehead atoms. The first-order valence-corrected chi connectivity index (χ1v) is 16.6. The summed E-state index contributed by atoms with van der Waals surface area (Å²) in [6.07, 6.45) is 8.14. The molecule has 2 saturated carbocycles. The lowest BCUT2D eigenvalue weighted by Gasteiger charge is -2.55. The first-order valence-electron chi connectivity index (χ1n) is 16.6. The summed E-state index contributed by atoms with van der Waals surface area (Å²) >= 11 is 0. The molecule has 0 N–H and O–H groups in total. The van der Waals surface area contributed by atoms with Gasteiger partial charge in [0.15, 0.2) is 0 Å². The van der Waals surface area contributed by atoms with Gasteiger partial charge in [-0.2, -0.15) is 0 Å². The summed E-state index contributed by atoms with van der Waals surface area (Å²) in [6, 6.07) is 11.7. The number of ether oxygens (including phenoxy) is 3. The average Bonchev–Trinajstić information content (AvgIpc) is 2.97. The Bertz CT molecular complexity index is 1460. The third-order valence-electron chi connectivity index (χ3n) is 12.3. The Morgan fingerprint density at radius 3 is 1.40 bits per heavy atom. The maximum atomic E-state index is 14.3. The summed E-state index contributed by atoms with van der Waals surface area (Å²) in [5.74, 6) is -0.515. The van der Waals surface area contributed by atoms with Gasteiger partial charge in [0.05, 0.1) is 10.8 Å². The maximum absolute atomic E-state index is 14.3. The first-order chi connectivity index (χ1) is 21.2. The van der Waals surface area contributed by atoms with Crippen LogP contribution in [0.3, 0.4) is 0 Å². The molecule has 0 saturated heterocycles. The Morgan fingerprint density at radius 2 is 1.02 bits per heavy atom. The molecule has 7 nitrogen and oxygen atoms in total. The Kier molecular flexibility index (Phi) is 7.77. The van der Waals surface area contributed by atoms with E-state index in [1.807, 2.05) is 50.2 Å². The highest BCUT2D eigenvalue weighted by atomic mass is 16.6. The summed E-state index contributed by atoms with van der Waals surface area (Å²) in [4.78, 5) is 51.9. The van der Waals surface area contributed by atoms with Crippen LogP contribution in [0.4, 0.5) is 0 Å². The van der Waals surface area contributed by atoms with E-state index in [2.05, 4.69) is 13.8 Å². The van der Waals surface area contributed by atoms with Gasteiger partial charge in [-0.1, -0.05) is 38.8 Å². The summed E-state index contributed by atoms with van der Waals surface area (Å²) < 4.78 is 16.9. The van der Waals surface area contributed by atoms with Crippen LogP contribution in [-0.2, 0) is 47.6 Å². The second-order valence-corrected chi connectivity index (χ2v) is 15.1. The minimum Gasteiger partial charge on any atom is -0.427 e. The van der Waals surface area contributed by atoms with Gasteiger partial charge in [0.1, 0.15) is 11.5 Å². The molecule has 0 spiro atoms. The molecule has 240 valence electrons. The molecule has 2 aromatic rings. The van der Waals surface area contributed by atoms with Crippen molar-refractivity contribution >= 4 is 23.9 Å². The zero-order valence-electron chi connectivity index (χ0n) is 27.5. The van der Waals surface area contributed by atoms with E-state index < -0.39 is 22.8 Å². The van der Waals surface area contributed by atoms with E-state index in [1.165, 1.54) is 25.0 Å². The second kappa shape index (κ2) is 11.1. The monoisotopic (exact) mass is 614 g/mol. The zero-order valence-corrected chi connectivity index (χ0v) is 27.5. The number of carbonyl (C=O) groups excluding carboxylic acids is 4. The largest absolute Gasteiger partial charge is 0.427 e. The molecule has 7 heteroatoms. The van der Waals surface area contributed by atoms with Gasteiger partial charge in [-0.05, 0) is 134 Å². The normalized spacial score (nSPS) is 33.4. The van der Waals surface area contributed by atoms with Crippen molar-refractivity contribution in [2.45, 2.75) is 117 Å². The van der Waals surface area contributed by atoms with E-state index in [0.29, 0.717) is 24.3 Å². The lowest BCUT2D eigenvalue weighted by Crippen LogP contribution is -2.56. The highest BCUT2D eigenvalue weighted by Gasteiger charge is 2.59. The van der Waals surface area contributed by atoms with Gasteiger partial charge in [-0.3, -0.25) is 19.2 Å². The number of benzene rings is 2. The van der Waals surface area contributed by atoms with Gasteiger partial charge in [-0.25, -0.2) is 0 Å². The van der Waals surface area contributed by atoms with Crippen LogP contribution in [0.1, 0.15) is 115 Å². The SMILES string of the molecule is CC(=O)Oc1ccc2c(c1)[C@@]1(C)CCC[C@](C)(C(=O)OC(=O)[C@@]3(C)CCC[C@]4(C)c5cc(OC(C)=O)ccc5CCC34)C1CC2. The Hall–Kier alpha value is -3.48. The minimum atomic E-state index is -0.815. The Morgan fingerprint density at radius 1 is 0.622 bits per heavy atom. The molecule has 4 aliphatic carbocycles. The number of hydrogen-bond acceptors (Lipinski definition) is 7. The Balaban J connectivity index is 1.26. The van der Waals surface area contributed by atoms with Crippen molar-refractivity contribution in [2.24, 2.45) is 22.7 Å². The van der Waals surface area contributed by atoms with Crippen LogP contribution in [0, 0.1) is 22.7 Å². The predicted octanol–water partition coefficient (Wildman–Crippen LogP) is 7.33. The fraction of sp³-hybridized carbons (Fsp3) is 0.579. The highest BCUT2D eigenvalue weighted by Crippen LogP contribution is 2.60. The van der Waals surface area contributed by atoms with E-state index in [4.69, 9.17) is 14.2 Å². The van der Waals surface area contributed by atoms with E-state index in [0.717, 1.165) is 62.5 Å². The topological polar surface area (TPSA) is 96.0 Å². The van der Waals surface area contributed by atoms with E-state index in [9.17, 15) is 19.2 Å². The van der Waals surface area contributed by atoms with Crippen LogP contribution >= 0.6 is 0 Å². The third kappa shape index (κ3) is 5.11. The van der Waals surface area contributed by atoms with Crippen LogP contribution in [0.25, 0.3) is 0 Å². The van der Waals surface area contributed by atoms with Crippen LogP contribution in [0.15, 0.2) is 36.4 Å². The molecule has 2 unspecified atom stereocenters. The van der Waals surface area contributed by atoms with Crippen LogP contribution < -0.4 is 9.47 Å². The zero-order chi connectivity index (χ0) is 32.4. The summed E-state index contributed by atoms with van der Waals surface area (Å²) in [5.41, 5.74) is 2.47. The molecule has 45 heavy (non-hydrogen) atoms. The summed E-state index contributed by atoms with van der Waals surface area (Å²) in [6.45, 7) is 11.2. The molecular weight excluding hydrogens is 568 g/mol. The van der Waals surface area contributed by atoms with Crippen molar-refractivity contribution in [3.8, 4) is 11.5 Å². The molecule has 4 aliphatic rings. The van der Waals surface area contributed by atoms with Gasteiger partial charge in [0.2, 0.25) is 0 Å². The van der Waals surface area contributed by atoms with Gasteiger partial charge >= 0.3 is 23.9 Å². The molecule has 2 aromatic carbocycles. The van der Waals surface area contributed by atoms with E-state index in [1.54, 1.807) is 0 Å². The van der Waals surface area contributed by atoms with Gasteiger partial charge in [0.25, 0.3) is 0 Å². The summed E-state index contributed by atoms with van der Waals surface area (Å²) in [7, 11) is 0. The maximum Gasteiger partial charge on any atom is 0.319 e. The summed E-state index contributed by atoms with van der Waals surface area (Å²) in [5, 5.41) is 0. The number of aryl methyl sites for hydroxylation is 2. The van der Waals surface area contributed by atoms with Crippen molar-refractivity contribution < 1.29 is 33.4 Å². The second-order valence-electron chi connectivity index (χ2n) is 15.1. The third-order valence-corrected chi connectivity index (χ3v) is 12.3. The number of hydrogen-bond donors (Lipinski definition) is 0. The number of carbonyl (C=O) groups is 4. The predicted molar refractivity (Wildman–Crippen MR) is 169 cm³/mol. The molecular formula is C38H46O7. The highest BCUT2D eigenvalue weighted by molar-refractivity contribution is 5.92. The molecule has 6 rings (SSSR count). The van der Waals surface area contributed by atoms with Gasteiger partial charge < -0.3 is 14.2 Å². The number of rotatable bonds is 4. The van der Waals surface area contributed by atoms with Crippen LogP contribution in [0.2, 0.25) is 0 Å². The molecule has 6 atom stereocenters. The van der Waals surface area contributed by atoms with Crippen molar-refractivity contribution in [1.82, 2.24) is 0 Å². The number of esters is 4. The molecule has 0 aliphatic heterocycles. The van der Waals surface area contributed by atoms with Crippen molar-refractivity contribution in [1.29, 1.82) is 0 Å². The van der Waals surface area contributed by atoms with E-state index in [-0.39, 0.29) is 34.6 Å². The Labute approximate surface area is 266 Å². The smallest absolute Gasteiger partial charge is 0.319 e. The molecule has 0 amide bonds. The molecule has 2 fully saturated rings. The lowest BCUT2D eigenvalue weighted by atomic mass is 9.49. The number of fused-ring (bicyclic) bond motifs is 6. The van der Waals surface area contributed by atoms with Crippen molar-refractivity contribution in [3.63, 3.8) is 0 Å².